The molecule has 0 atom stereocenters. The molecule has 0 unspecified atom stereocenters. The van der Waals surface area contributed by atoms with Crippen LogP contribution < -0.4 is 0 Å². The fourth-order valence-electron chi connectivity index (χ4n) is 6.51. The molecular weight excluding hydrogens is 744 g/mol. The van der Waals surface area contributed by atoms with Crippen LogP contribution in [0.15, 0.2) is 128 Å². The van der Waals surface area contributed by atoms with Gasteiger partial charge in [0.15, 0.2) is 17.4 Å². The van der Waals surface area contributed by atoms with E-state index in [-0.39, 0.29) is 21.1 Å². The Morgan fingerprint density at radius 3 is 2.30 bits per heavy atom. The van der Waals surface area contributed by atoms with Crippen molar-refractivity contribution in [2.75, 3.05) is 0 Å². The van der Waals surface area contributed by atoms with Gasteiger partial charge in [0, 0.05) is 61.7 Å². The summed E-state index contributed by atoms with van der Waals surface area (Å²) in [5.74, 6) is 0.837. The minimum absolute atomic E-state index is 0. The van der Waals surface area contributed by atoms with Gasteiger partial charge in [0.1, 0.15) is 5.82 Å². The Labute approximate surface area is 288 Å². The summed E-state index contributed by atoms with van der Waals surface area (Å²) in [5, 5.41) is 2.26. The number of imidazole rings is 1. The summed E-state index contributed by atoms with van der Waals surface area (Å²) in [6.07, 6.45) is 3.53. The van der Waals surface area contributed by atoms with Crippen LogP contribution in [0.25, 0.3) is 55.5 Å². The number of aryl methyl sites for hydroxylation is 2. The van der Waals surface area contributed by atoms with Gasteiger partial charge in [-0.25, -0.2) is 14.1 Å². The first-order valence-corrected chi connectivity index (χ1v) is 15.1. The first kappa shape index (κ1) is 26.4. The molecular formula is C41H33N4Pt-. The van der Waals surface area contributed by atoms with Crippen molar-refractivity contribution in [3.05, 3.63) is 157 Å². The smallest absolute Gasteiger partial charge is 0.188 e. The fourth-order valence-corrected chi connectivity index (χ4v) is 6.51. The predicted octanol–water partition coefficient (Wildman–Crippen LogP) is 9.64. The average Bonchev–Trinajstić information content (AvgIpc) is 3.65. The van der Waals surface area contributed by atoms with Gasteiger partial charge in [-0.3, -0.25) is 0 Å². The van der Waals surface area contributed by atoms with E-state index in [1.165, 1.54) is 15.7 Å². The summed E-state index contributed by atoms with van der Waals surface area (Å²) in [6.45, 7) is 4.19. The molecule has 5 aromatic carbocycles. The number of pyridine rings is 1. The normalized spacial score (nSPS) is 13.0. The van der Waals surface area contributed by atoms with Crippen molar-refractivity contribution in [1.29, 1.82) is 0 Å². The zero-order chi connectivity index (χ0) is 33.2. The molecule has 228 valence electrons. The number of fused-ring (bicyclic) bond motifs is 4. The molecule has 3 heterocycles. The molecule has 0 saturated carbocycles. The Hall–Kier alpha value is -4.79. The molecule has 0 spiro atoms. The monoisotopic (exact) mass is 779 g/mol. The Balaban J connectivity index is 0.00000378. The van der Waals surface area contributed by atoms with E-state index >= 15 is 0 Å². The molecule has 0 N–H and O–H groups in total. The Kier molecular flexibility index (Phi) is 6.63. The van der Waals surface area contributed by atoms with Crippen LogP contribution in [-0.2, 0) is 33.5 Å². The number of hydrogen-bond acceptors (Lipinski definition) is 1. The van der Waals surface area contributed by atoms with Crippen molar-refractivity contribution in [2.24, 2.45) is 6.98 Å². The molecule has 0 aliphatic carbocycles. The maximum absolute atomic E-state index is 8.10. The molecule has 0 aliphatic rings. The topological polar surface area (TPSA) is 27.7 Å². The fraction of sp³-hybridized carbons (Fsp3) is 0.122. The summed E-state index contributed by atoms with van der Waals surface area (Å²) in [6, 6.07) is 46.5. The van der Waals surface area contributed by atoms with Crippen LogP contribution >= 0.6 is 0 Å². The van der Waals surface area contributed by atoms with Crippen molar-refractivity contribution in [3.63, 3.8) is 0 Å². The van der Waals surface area contributed by atoms with E-state index in [4.69, 9.17) is 9.10 Å². The summed E-state index contributed by atoms with van der Waals surface area (Å²) in [4.78, 5) is 4.87. The van der Waals surface area contributed by atoms with Gasteiger partial charge in [-0.2, -0.15) is 35.9 Å². The molecule has 0 saturated heterocycles. The standard InChI is InChI=1S/C41H33N4.Pt/c1-28-12-5-6-15-33(28)29-22-23-42-40(24-29)45-36-17-8-7-16-34(36)35-21-20-31(26-39(35)45)41(2,3)30-13-11-14-32(25-30)44-27-43(4)37-18-9-10-19-38(37)44;/h5-24,27H,1-4H3;/q-1;/i4D3;. The molecule has 4 nitrogen and oxygen atoms in total. The number of rotatable bonds is 5. The summed E-state index contributed by atoms with van der Waals surface area (Å²) < 4.78 is 29.8. The summed E-state index contributed by atoms with van der Waals surface area (Å²) in [7, 11) is 0. The van der Waals surface area contributed by atoms with Gasteiger partial charge in [-0.1, -0.05) is 61.8 Å². The number of para-hydroxylation sites is 3. The summed E-state index contributed by atoms with van der Waals surface area (Å²) >= 11 is 0. The zero-order valence-corrected chi connectivity index (χ0v) is 28.0. The minimum Gasteiger partial charge on any atom is -0.319 e. The first-order chi connectivity index (χ1) is 23.1. The molecule has 0 bridgehead atoms. The van der Waals surface area contributed by atoms with Gasteiger partial charge in [0.25, 0.3) is 0 Å². The van der Waals surface area contributed by atoms with Crippen LogP contribution in [0.2, 0.25) is 0 Å². The van der Waals surface area contributed by atoms with Crippen molar-refractivity contribution in [3.8, 4) is 22.6 Å². The quantitative estimate of drug-likeness (QED) is 0.160. The molecule has 0 aliphatic heterocycles. The maximum Gasteiger partial charge on any atom is 0.188 e. The Bertz CT molecular complexity index is 2510. The molecule has 0 radical (unpaired) electrons. The SMILES string of the molecule is [2H]C([2H])([2H])n1[cH+]n(-c2[c-]c(C(C)(C)c3[c-]c4c(cc3)c3ccccc3n4-c3cc(-c4ccccc4C)ccn3)ccc2)c2ccccc21.[Pt]. The molecule has 3 aromatic heterocycles. The third kappa shape index (κ3) is 4.80. The molecule has 46 heavy (non-hydrogen) atoms. The number of hydrogen-bond donors (Lipinski definition) is 0. The number of benzene rings is 5. The van der Waals surface area contributed by atoms with E-state index in [0.29, 0.717) is 5.52 Å². The van der Waals surface area contributed by atoms with E-state index in [0.717, 1.165) is 55.5 Å². The third-order valence-electron chi connectivity index (χ3n) is 9.03. The van der Waals surface area contributed by atoms with Crippen molar-refractivity contribution in [1.82, 2.24) is 18.7 Å². The van der Waals surface area contributed by atoms with Gasteiger partial charge in [0.05, 0.1) is 0 Å². The van der Waals surface area contributed by atoms with Crippen molar-refractivity contribution in [2.45, 2.75) is 26.2 Å². The van der Waals surface area contributed by atoms with Gasteiger partial charge >= 0.3 is 0 Å². The third-order valence-corrected chi connectivity index (χ3v) is 9.03. The summed E-state index contributed by atoms with van der Waals surface area (Å²) in [5.41, 5.74) is 9.26. The predicted molar refractivity (Wildman–Crippen MR) is 185 cm³/mol. The van der Waals surface area contributed by atoms with Crippen molar-refractivity contribution < 1.29 is 25.2 Å². The zero-order valence-electron chi connectivity index (χ0n) is 28.7. The Morgan fingerprint density at radius 2 is 1.48 bits per heavy atom. The number of nitrogens with zero attached hydrogens (tertiary/aromatic N) is 4. The maximum atomic E-state index is 8.10. The van der Waals surface area contributed by atoms with Crippen LogP contribution in [0.4, 0.5) is 0 Å². The van der Waals surface area contributed by atoms with E-state index < -0.39 is 12.4 Å². The molecule has 8 aromatic rings. The van der Waals surface area contributed by atoms with Crippen LogP contribution in [0.5, 0.6) is 0 Å². The molecule has 5 heteroatoms. The van der Waals surface area contributed by atoms with Crippen LogP contribution in [0.3, 0.4) is 0 Å². The second kappa shape index (κ2) is 11.5. The Morgan fingerprint density at radius 1 is 0.739 bits per heavy atom. The average molecular weight is 780 g/mol. The van der Waals surface area contributed by atoms with E-state index in [2.05, 4.69) is 116 Å². The number of aromatic nitrogens is 4. The van der Waals surface area contributed by atoms with Gasteiger partial charge < -0.3 is 4.57 Å². The van der Waals surface area contributed by atoms with Gasteiger partial charge in [-0.15, -0.1) is 23.1 Å². The molecule has 0 fully saturated rings. The van der Waals surface area contributed by atoms with Gasteiger partial charge in [-0.05, 0) is 64.7 Å². The second-order valence-corrected chi connectivity index (χ2v) is 12.1. The molecule has 0 amide bonds. The largest absolute Gasteiger partial charge is 0.319 e. The second-order valence-electron chi connectivity index (χ2n) is 12.1. The van der Waals surface area contributed by atoms with E-state index in [9.17, 15) is 0 Å². The van der Waals surface area contributed by atoms with Crippen LogP contribution in [-0.4, -0.2) is 18.7 Å². The molecule has 8 rings (SSSR count). The van der Waals surface area contributed by atoms with Crippen LogP contribution in [0, 0.1) is 19.1 Å². The van der Waals surface area contributed by atoms with Crippen LogP contribution in [0.1, 0.15) is 34.7 Å². The van der Waals surface area contributed by atoms with Gasteiger partial charge in [0.2, 0.25) is 0 Å². The van der Waals surface area contributed by atoms with E-state index in [1.54, 1.807) is 6.33 Å². The van der Waals surface area contributed by atoms with E-state index in [1.807, 2.05) is 47.2 Å². The minimum atomic E-state index is -2.31. The first-order valence-electron chi connectivity index (χ1n) is 16.6. The van der Waals surface area contributed by atoms with Crippen molar-refractivity contribution >= 4 is 32.8 Å².